The zero-order chi connectivity index (χ0) is 14.7. The van der Waals surface area contributed by atoms with Gasteiger partial charge in [0.1, 0.15) is 0 Å². The maximum absolute atomic E-state index is 12.0. The Balaban J connectivity index is 0.00000176. The maximum atomic E-state index is 12.0. The Kier molecular flexibility index (Phi) is 6.44. The van der Waals surface area contributed by atoms with Gasteiger partial charge in [0.15, 0.2) is 0 Å². The number of carbonyl (C=O) groups excluding carboxylic acids is 1. The van der Waals surface area contributed by atoms with E-state index < -0.39 is 0 Å². The van der Waals surface area contributed by atoms with Gasteiger partial charge in [0.25, 0.3) is 0 Å². The standard InChI is InChI=1S/C15H18ClN3OS.ClH/c16-11-3-4-13-12(8-11)19-14(21-13)5-7-18-15(20)10-2-1-6-17-9-10;/h3-4,8,10,17H,1-2,5-7,9H2,(H,18,20);1H. The van der Waals surface area contributed by atoms with Crippen LogP contribution in [0.4, 0.5) is 0 Å². The van der Waals surface area contributed by atoms with Gasteiger partial charge < -0.3 is 10.6 Å². The van der Waals surface area contributed by atoms with E-state index in [0.717, 1.165) is 47.6 Å². The van der Waals surface area contributed by atoms with E-state index in [1.807, 2.05) is 18.2 Å². The molecule has 1 aliphatic heterocycles. The lowest BCUT2D eigenvalue weighted by atomic mass is 9.99. The number of thiazole rings is 1. The highest BCUT2D eigenvalue weighted by atomic mass is 35.5. The fraction of sp³-hybridized carbons (Fsp3) is 0.467. The van der Waals surface area contributed by atoms with Crippen LogP contribution in [0, 0.1) is 5.92 Å². The largest absolute Gasteiger partial charge is 0.355 e. The van der Waals surface area contributed by atoms with Crippen LogP contribution >= 0.6 is 35.3 Å². The summed E-state index contributed by atoms with van der Waals surface area (Å²) in [7, 11) is 0. The van der Waals surface area contributed by atoms with Gasteiger partial charge in [-0.2, -0.15) is 0 Å². The van der Waals surface area contributed by atoms with Crippen molar-refractivity contribution in [2.24, 2.45) is 5.92 Å². The second-order valence-electron chi connectivity index (χ2n) is 5.30. The summed E-state index contributed by atoms with van der Waals surface area (Å²) >= 11 is 7.62. The Morgan fingerprint density at radius 1 is 1.50 bits per heavy atom. The van der Waals surface area contributed by atoms with Crippen molar-refractivity contribution >= 4 is 51.5 Å². The molecule has 1 atom stereocenters. The molecule has 2 aromatic rings. The lowest BCUT2D eigenvalue weighted by molar-refractivity contribution is -0.125. The average Bonchev–Trinajstić information content (AvgIpc) is 2.89. The van der Waals surface area contributed by atoms with Gasteiger partial charge in [0, 0.05) is 24.5 Å². The van der Waals surface area contributed by atoms with Crippen molar-refractivity contribution in [3.05, 3.63) is 28.2 Å². The van der Waals surface area contributed by atoms with Gasteiger partial charge >= 0.3 is 0 Å². The van der Waals surface area contributed by atoms with Crippen molar-refractivity contribution in [2.75, 3.05) is 19.6 Å². The predicted octanol–water partition coefficient (Wildman–Crippen LogP) is 3.03. The first kappa shape index (κ1) is 17.5. The number of rotatable bonds is 4. The third kappa shape index (κ3) is 4.32. The number of nitrogens with zero attached hydrogens (tertiary/aromatic N) is 1. The molecule has 1 aromatic heterocycles. The molecule has 1 aliphatic rings. The number of aromatic nitrogens is 1. The number of amides is 1. The van der Waals surface area contributed by atoms with E-state index in [4.69, 9.17) is 11.6 Å². The zero-order valence-electron chi connectivity index (χ0n) is 12.1. The number of fused-ring (bicyclic) bond motifs is 1. The normalized spacial score (nSPS) is 18.0. The van der Waals surface area contributed by atoms with Crippen molar-refractivity contribution in [3.8, 4) is 0 Å². The maximum Gasteiger partial charge on any atom is 0.224 e. The monoisotopic (exact) mass is 359 g/mol. The zero-order valence-corrected chi connectivity index (χ0v) is 14.5. The van der Waals surface area contributed by atoms with Gasteiger partial charge in [0.05, 0.1) is 21.1 Å². The fourth-order valence-electron chi connectivity index (χ4n) is 2.57. The third-order valence-electron chi connectivity index (χ3n) is 3.70. The Hall–Kier alpha value is -0.880. The summed E-state index contributed by atoms with van der Waals surface area (Å²) in [5, 5.41) is 8.02. The minimum absolute atomic E-state index is 0. The van der Waals surface area contributed by atoms with E-state index in [1.54, 1.807) is 11.3 Å². The molecule has 1 amide bonds. The van der Waals surface area contributed by atoms with Gasteiger partial charge in [-0.1, -0.05) is 11.6 Å². The summed E-state index contributed by atoms with van der Waals surface area (Å²) in [5.74, 6) is 0.277. The predicted molar refractivity (Wildman–Crippen MR) is 94.2 cm³/mol. The van der Waals surface area contributed by atoms with Crippen LogP contribution in [-0.4, -0.2) is 30.5 Å². The average molecular weight is 360 g/mol. The molecule has 4 nitrogen and oxygen atoms in total. The van der Waals surface area contributed by atoms with Crippen LogP contribution in [0.2, 0.25) is 5.02 Å². The van der Waals surface area contributed by atoms with Gasteiger partial charge in [-0.3, -0.25) is 4.79 Å². The molecule has 1 fully saturated rings. The Bertz CT molecular complexity index is 641. The first-order valence-electron chi connectivity index (χ1n) is 7.26. The summed E-state index contributed by atoms with van der Waals surface area (Å²) in [6, 6.07) is 5.75. The summed E-state index contributed by atoms with van der Waals surface area (Å²) in [6.45, 7) is 2.46. The summed E-state index contributed by atoms with van der Waals surface area (Å²) in [5.41, 5.74) is 0.935. The fourth-order valence-corrected chi connectivity index (χ4v) is 3.68. The van der Waals surface area contributed by atoms with Crippen LogP contribution < -0.4 is 10.6 Å². The topological polar surface area (TPSA) is 54.0 Å². The Morgan fingerprint density at radius 2 is 2.36 bits per heavy atom. The second kappa shape index (κ2) is 8.11. The number of piperidine rings is 1. The van der Waals surface area contributed by atoms with Gasteiger partial charge in [-0.05, 0) is 37.6 Å². The molecule has 2 N–H and O–H groups in total. The number of hydrogen-bond acceptors (Lipinski definition) is 4. The second-order valence-corrected chi connectivity index (χ2v) is 6.86. The molecule has 7 heteroatoms. The molecule has 1 unspecified atom stereocenters. The number of nitrogens with one attached hydrogen (secondary N) is 2. The van der Waals surface area contributed by atoms with Crippen molar-refractivity contribution in [2.45, 2.75) is 19.3 Å². The lowest BCUT2D eigenvalue weighted by Crippen LogP contribution is -2.41. The number of carbonyl (C=O) groups is 1. The minimum atomic E-state index is 0. The molecule has 1 aromatic carbocycles. The molecule has 3 rings (SSSR count). The van der Waals surface area contributed by atoms with E-state index in [1.165, 1.54) is 0 Å². The molecule has 0 bridgehead atoms. The summed E-state index contributed by atoms with van der Waals surface area (Å²) in [6.07, 6.45) is 2.83. The highest BCUT2D eigenvalue weighted by molar-refractivity contribution is 7.18. The van der Waals surface area contributed by atoms with E-state index in [2.05, 4.69) is 15.6 Å². The molecular weight excluding hydrogens is 341 g/mol. The van der Waals surface area contributed by atoms with E-state index in [9.17, 15) is 4.79 Å². The molecular formula is C15H19Cl2N3OS. The van der Waals surface area contributed by atoms with Crippen molar-refractivity contribution in [1.29, 1.82) is 0 Å². The molecule has 0 saturated carbocycles. The van der Waals surface area contributed by atoms with E-state index in [-0.39, 0.29) is 24.2 Å². The summed E-state index contributed by atoms with van der Waals surface area (Å²) in [4.78, 5) is 16.6. The van der Waals surface area contributed by atoms with Crippen LogP contribution in [0.15, 0.2) is 18.2 Å². The van der Waals surface area contributed by atoms with E-state index >= 15 is 0 Å². The smallest absolute Gasteiger partial charge is 0.224 e. The van der Waals surface area contributed by atoms with Crippen molar-refractivity contribution in [3.63, 3.8) is 0 Å². The lowest BCUT2D eigenvalue weighted by Gasteiger charge is -2.21. The Labute approximate surface area is 145 Å². The SMILES string of the molecule is Cl.O=C(NCCc1nc2cc(Cl)ccc2s1)C1CCCNC1. The number of halogens is 2. The molecule has 0 spiro atoms. The molecule has 120 valence electrons. The van der Waals surface area contributed by atoms with E-state index in [0.29, 0.717) is 11.6 Å². The summed E-state index contributed by atoms with van der Waals surface area (Å²) < 4.78 is 1.14. The number of hydrogen-bond donors (Lipinski definition) is 2. The molecule has 2 heterocycles. The quantitative estimate of drug-likeness (QED) is 0.881. The van der Waals surface area contributed by atoms with Gasteiger partial charge in [0.2, 0.25) is 5.91 Å². The van der Waals surface area contributed by atoms with Crippen LogP contribution in [0.1, 0.15) is 17.8 Å². The highest BCUT2D eigenvalue weighted by Gasteiger charge is 2.20. The van der Waals surface area contributed by atoms with Crippen molar-refractivity contribution in [1.82, 2.24) is 15.6 Å². The van der Waals surface area contributed by atoms with Gasteiger partial charge in [-0.15, -0.1) is 23.7 Å². The molecule has 0 radical (unpaired) electrons. The first-order chi connectivity index (χ1) is 10.2. The first-order valence-corrected chi connectivity index (χ1v) is 8.45. The van der Waals surface area contributed by atoms with Crippen molar-refractivity contribution < 1.29 is 4.79 Å². The van der Waals surface area contributed by atoms with Crippen LogP contribution in [0.3, 0.4) is 0 Å². The Morgan fingerprint density at radius 3 is 3.14 bits per heavy atom. The van der Waals surface area contributed by atoms with Crippen LogP contribution in [-0.2, 0) is 11.2 Å². The molecule has 1 saturated heterocycles. The minimum Gasteiger partial charge on any atom is -0.355 e. The molecule has 0 aliphatic carbocycles. The molecule has 22 heavy (non-hydrogen) atoms. The van der Waals surface area contributed by atoms with Gasteiger partial charge in [-0.25, -0.2) is 4.98 Å². The van der Waals surface area contributed by atoms with Crippen LogP contribution in [0.5, 0.6) is 0 Å². The highest BCUT2D eigenvalue weighted by Crippen LogP contribution is 2.25. The number of benzene rings is 1. The van der Waals surface area contributed by atoms with Crippen LogP contribution in [0.25, 0.3) is 10.2 Å². The third-order valence-corrected chi connectivity index (χ3v) is 5.03.